The third-order valence-electron chi connectivity index (χ3n) is 13.6. The zero-order valence-electron chi connectivity index (χ0n) is 45.6. The van der Waals surface area contributed by atoms with Gasteiger partial charge in [0.2, 0.25) is 0 Å². The zero-order chi connectivity index (χ0) is 49.2. The molecule has 0 rings (SSSR count). The molecule has 1 N–H and O–H groups in total. The summed E-state index contributed by atoms with van der Waals surface area (Å²) in [6.07, 6.45) is 78.2. The number of aliphatic hydroxyl groups excluding tert-OH is 1. The number of carbonyl (C=O) groups is 2. The molecule has 1 unspecified atom stereocenters. The molecule has 5 heteroatoms. The van der Waals surface area contributed by atoms with Crippen molar-refractivity contribution in [3.63, 3.8) is 0 Å². The van der Waals surface area contributed by atoms with Crippen LogP contribution in [0.15, 0.2) is 48.6 Å². The highest BCUT2D eigenvalue weighted by molar-refractivity contribution is 5.70. The predicted molar refractivity (Wildman–Crippen MR) is 297 cm³/mol. The van der Waals surface area contributed by atoms with Gasteiger partial charge >= 0.3 is 11.9 Å². The molecule has 0 bridgehead atoms. The summed E-state index contributed by atoms with van der Waals surface area (Å²) in [6.45, 7) is 4.08. The van der Waals surface area contributed by atoms with Gasteiger partial charge in [0.1, 0.15) is 6.61 Å². The van der Waals surface area contributed by atoms with E-state index in [-0.39, 0.29) is 25.2 Å². The molecule has 0 aromatic carbocycles. The average molecular weight is 954 g/mol. The lowest BCUT2D eigenvalue weighted by molar-refractivity contribution is -0.161. The normalized spacial score (nSPS) is 12.5. The van der Waals surface area contributed by atoms with Crippen LogP contribution in [0.25, 0.3) is 0 Å². The van der Waals surface area contributed by atoms with Crippen molar-refractivity contribution in [3.8, 4) is 0 Å². The fraction of sp³-hybridized carbons (Fsp3) is 0.841. The molecule has 5 nitrogen and oxygen atoms in total. The van der Waals surface area contributed by atoms with Crippen molar-refractivity contribution < 1.29 is 24.2 Å². The second-order valence-electron chi connectivity index (χ2n) is 20.4. The van der Waals surface area contributed by atoms with E-state index >= 15 is 0 Å². The van der Waals surface area contributed by atoms with Gasteiger partial charge in [0.05, 0.1) is 6.61 Å². The summed E-state index contributed by atoms with van der Waals surface area (Å²) in [5.41, 5.74) is 0. The van der Waals surface area contributed by atoms with E-state index in [1.165, 1.54) is 238 Å². The quantitative estimate of drug-likeness (QED) is 0.0374. The molecule has 68 heavy (non-hydrogen) atoms. The second-order valence-corrected chi connectivity index (χ2v) is 20.4. The summed E-state index contributed by atoms with van der Waals surface area (Å²) in [5, 5.41) is 9.67. The number of aliphatic hydroxyl groups is 1. The number of esters is 2. The van der Waals surface area contributed by atoms with Gasteiger partial charge in [-0.15, -0.1) is 0 Å². The first-order valence-corrected chi connectivity index (χ1v) is 30.2. The van der Waals surface area contributed by atoms with Crippen LogP contribution in [0.4, 0.5) is 0 Å². The molecule has 0 radical (unpaired) electrons. The predicted octanol–water partition coefficient (Wildman–Crippen LogP) is 20.4. The largest absolute Gasteiger partial charge is 0.462 e. The molecule has 0 aromatic rings. The molecule has 0 amide bonds. The Morgan fingerprint density at radius 1 is 0.353 bits per heavy atom. The van der Waals surface area contributed by atoms with Crippen LogP contribution < -0.4 is 0 Å². The van der Waals surface area contributed by atoms with Gasteiger partial charge in [-0.05, 0) is 51.4 Å². The Labute approximate surface area is 424 Å². The van der Waals surface area contributed by atoms with E-state index in [1.807, 2.05) is 0 Å². The zero-order valence-corrected chi connectivity index (χ0v) is 45.6. The van der Waals surface area contributed by atoms with Gasteiger partial charge in [-0.1, -0.05) is 306 Å². The fourth-order valence-corrected chi connectivity index (χ4v) is 9.14. The van der Waals surface area contributed by atoms with Crippen LogP contribution in [-0.2, 0) is 19.1 Å². The summed E-state index contributed by atoms with van der Waals surface area (Å²) in [4.78, 5) is 24.6. The van der Waals surface area contributed by atoms with Crippen molar-refractivity contribution in [2.24, 2.45) is 0 Å². The molecule has 1 atom stereocenters. The fourth-order valence-electron chi connectivity index (χ4n) is 9.14. The Hall–Kier alpha value is -2.14. The van der Waals surface area contributed by atoms with Gasteiger partial charge in [-0.25, -0.2) is 0 Å². The first-order chi connectivity index (χ1) is 33.6. The van der Waals surface area contributed by atoms with Crippen LogP contribution in [-0.4, -0.2) is 36.4 Å². The van der Waals surface area contributed by atoms with Gasteiger partial charge in [-0.3, -0.25) is 9.59 Å². The maximum Gasteiger partial charge on any atom is 0.306 e. The molecular weight excluding hydrogens is 837 g/mol. The smallest absolute Gasteiger partial charge is 0.306 e. The van der Waals surface area contributed by atoms with Crippen molar-refractivity contribution in [1.29, 1.82) is 0 Å². The number of carbonyl (C=O) groups excluding carboxylic acids is 2. The van der Waals surface area contributed by atoms with Gasteiger partial charge in [0, 0.05) is 12.8 Å². The Balaban J connectivity index is 3.43. The summed E-state index contributed by atoms with van der Waals surface area (Å²) in [6, 6.07) is 0. The maximum atomic E-state index is 12.3. The summed E-state index contributed by atoms with van der Waals surface area (Å²) >= 11 is 0. The first kappa shape index (κ1) is 65.9. The van der Waals surface area contributed by atoms with E-state index in [0.717, 1.165) is 57.8 Å². The number of unbranched alkanes of at least 4 members (excludes halogenated alkanes) is 40. The summed E-state index contributed by atoms with van der Waals surface area (Å²) < 4.78 is 10.7. The minimum atomic E-state index is -0.771. The number of hydrogen-bond acceptors (Lipinski definition) is 5. The number of ether oxygens (including phenoxy) is 2. The van der Waals surface area contributed by atoms with Crippen LogP contribution >= 0.6 is 0 Å². The first-order valence-electron chi connectivity index (χ1n) is 30.2. The average Bonchev–Trinajstić information content (AvgIpc) is 3.34. The molecular formula is C63H116O5. The van der Waals surface area contributed by atoms with Crippen molar-refractivity contribution in [2.75, 3.05) is 13.2 Å². The highest BCUT2D eigenvalue weighted by Crippen LogP contribution is 2.18. The van der Waals surface area contributed by atoms with Gasteiger partial charge in [0.15, 0.2) is 6.10 Å². The van der Waals surface area contributed by atoms with Crippen LogP contribution in [0, 0.1) is 0 Å². The molecule has 0 saturated carbocycles. The monoisotopic (exact) mass is 953 g/mol. The lowest BCUT2D eigenvalue weighted by atomic mass is 10.0. The summed E-state index contributed by atoms with van der Waals surface area (Å²) in [5.74, 6) is -0.574. The Kier molecular flexibility index (Phi) is 57.3. The highest BCUT2D eigenvalue weighted by Gasteiger charge is 2.16. The van der Waals surface area contributed by atoms with E-state index in [9.17, 15) is 14.7 Å². The topological polar surface area (TPSA) is 72.8 Å². The molecule has 398 valence electrons. The van der Waals surface area contributed by atoms with Crippen LogP contribution in [0.3, 0.4) is 0 Å². The van der Waals surface area contributed by atoms with E-state index in [1.54, 1.807) is 0 Å². The Morgan fingerprint density at radius 3 is 0.956 bits per heavy atom. The standard InChI is InChI=1S/C63H116O5/c1-3-5-7-9-11-13-15-17-19-21-23-25-27-29-31-33-35-37-39-41-43-45-47-49-51-53-55-57-62(65)67-60-61(59-64)68-63(66)58-56-54-52-50-48-46-44-42-40-38-36-34-32-30-28-26-24-22-20-18-16-14-12-10-8-6-4-2/h6,8,12,14,18,20,24,26,61,64H,3-5,7,9-11,13,15-17,19,21-23,25,27-60H2,1-2H3/b8-6-,14-12-,20-18-,26-24-. The molecule has 0 heterocycles. The maximum absolute atomic E-state index is 12.3. The van der Waals surface area contributed by atoms with Gasteiger partial charge in [0.25, 0.3) is 0 Å². The minimum absolute atomic E-state index is 0.0617. The van der Waals surface area contributed by atoms with E-state index in [0.29, 0.717) is 12.8 Å². The van der Waals surface area contributed by atoms with Crippen LogP contribution in [0.1, 0.15) is 322 Å². The summed E-state index contributed by atoms with van der Waals surface area (Å²) in [7, 11) is 0. The van der Waals surface area contributed by atoms with E-state index in [2.05, 4.69) is 62.5 Å². The Bertz CT molecular complexity index is 1120. The van der Waals surface area contributed by atoms with Gasteiger partial charge < -0.3 is 14.6 Å². The van der Waals surface area contributed by atoms with Crippen molar-refractivity contribution in [1.82, 2.24) is 0 Å². The molecule has 0 fully saturated rings. The van der Waals surface area contributed by atoms with E-state index in [4.69, 9.17) is 9.47 Å². The molecule has 0 aromatic heterocycles. The lowest BCUT2D eigenvalue weighted by Gasteiger charge is -2.15. The van der Waals surface area contributed by atoms with Crippen molar-refractivity contribution >= 4 is 11.9 Å². The molecule has 0 spiro atoms. The van der Waals surface area contributed by atoms with Crippen molar-refractivity contribution in [2.45, 2.75) is 328 Å². The van der Waals surface area contributed by atoms with Crippen LogP contribution in [0.2, 0.25) is 0 Å². The highest BCUT2D eigenvalue weighted by atomic mass is 16.6. The molecule has 0 aliphatic carbocycles. The third-order valence-corrected chi connectivity index (χ3v) is 13.6. The number of allylic oxidation sites excluding steroid dienone is 8. The van der Waals surface area contributed by atoms with Gasteiger partial charge in [-0.2, -0.15) is 0 Å². The SMILES string of the molecule is CC/C=C\C/C=C\C/C=C\C/C=C\CCCCCCCCCCCCCCCCC(=O)OC(CO)COC(=O)CCCCCCCCCCCCCCCCCCCCCCCCCCCCC. The van der Waals surface area contributed by atoms with Crippen molar-refractivity contribution in [3.05, 3.63) is 48.6 Å². The lowest BCUT2D eigenvalue weighted by Crippen LogP contribution is -2.28. The van der Waals surface area contributed by atoms with E-state index < -0.39 is 6.10 Å². The Morgan fingerprint density at radius 2 is 0.632 bits per heavy atom. The number of hydrogen-bond donors (Lipinski definition) is 1. The minimum Gasteiger partial charge on any atom is -0.462 e. The number of rotatable bonds is 56. The van der Waals surface area contributed by atoms with Crippen LogP contribution in [0.5, 0.6) is 0 Å². The molecule has 0 saturated heterocycles. The molecule has 0 aliphatic rings. The third kappa shape index (κ3) is 56.4. The second kappa shape index (κ2) is 59.2. The molecule has 0 aliphatic heterocycles.